The van der Waals surface area contributed by atoms with E-state index in [2.05, 4.69) is 286 Å². The lowest BCUT2D eigenvalue weighted by Gasteiger charge is -2.32. The maximum absolute atomic E-state index is 12.8. The van der Waals surface area contributed by atoms with Crippen molar-refractivity contribution in [2.75, 3.05) is 233 Å². The minimum absolute atomic E-state index is 0.0727. The van der Waals surface area contributed by atoms with Crippen molar-refractivity contribution in [1.29, 1.82) is 0 Å². The summed E-state index contributed by atoms with van der Waals surface area (Å²) < 4.78 is 80.7. The van der Waals surface area contributed by atoms with E-state index in [4.69, 9.17) is 0 Å². The van der Waals surface area contributed by atoms with Gasteiger partial charge >= 0.3 is 6.03 Å². The Morgan fingerprint density at radius 3 is 0.947 bits per heavy atom. The molecule has 0 radical (unpaired) electrons. The zero-order chi connectivity index (χ0) is 93.8. The number of carbonyl (C=O) groups is 1. The molecule has 0 bridgehead atoms. The molecule has 0 aromatic heterocycles. The van der Waals surface area contributed by atoms with E-state index in [1.807, 2.05) is 0 Å². The molecule has 1 atom stereocenters. The van der Waals surface area contributed by atoms with Crippen molar-refractivity contribution in [1.82, 2.24) is 61.2 Å². The lowest BCUT2D eigenvalue weighted by molar-refractivity contribution is 0.242. The smallest absolute Gasteiger partial charge is 0.314 e. The number of piperazine rings is 6. The van der Waals surface area contributed by atoms with Crippen LogP contribution in [-0.4, -0.2) is 250 Å². The van der Waals surface area contributed by atoms with Gasteiger partial charge in [0.2, 0.25) is 30.1 Å². The highest BCUT2D eigenvalue weighted by Crippen LogP contribution is 2.39. The summed E-state index contributed by atoms with van der Waals surface area (Å²) >= 11 is 0. The third kappa shape index (κ3) is 32.8. The summed E-state index contributed by atoms with van der Waals surface area (Å²) in [7, 11) is -5.81. The van der Waals surface area contributed by atoms with Gasteiger partial charge < -0.3 is 76.8 Å². The van der Waals surface area contributed by atoms with E-state index < -0.39 is 30.1 Å². The van der Waals surface area contributed by atoms with E-state index in [1.54, 1.807) is 22.5 Å². The number of hydrogen-bond acceptors (Lipinski definition) is 20. The first-order valence-corrected chi connectivity index (χ1v) is 55.0. The lowest BCUT2D eigenvalue weighted by Crippen LogP contribution is -2.44. The largest absolute Gasteiger partial charge is 0.369 e. The predicted molar refractivity (Wildman–Crippen MR) is 549 cm³/mol. The molecule has 6 aromatic carbocycles. The van der Waals surface area contributed by atoms with Gasteiger partial charge in [-0.1, -0.05) is 162 Å². The molecule has 8 saturated heterocycles. The Morgan fingerprint density at radius 1 is 0.359 bits per heavy atom. The third-order valence-electron chi connectivity index (χ3n) is 27.4. The molecule has 28 heteroatoms. The van der Waals surface area contributed by atoms with Gasteiger partial charge in [0.15, 0.2) is 0 Å². The summed E-state index contributed by atoms with van der Waals surface area (Å²) in [6.45, 7) is 55.6. The molecule has 2 amide bonds. The van der Waals surface area contributed by atoms with Crippen LogP contribution < -0.4 is 81.4 Å². The standard InChI is InChI=1S/C19H31N3.2C18H29N3O2S.C17H26N2.C16H26N4O.C15H25N3O2S/c1-15(2)17-4-5-19(22-10-7-20-8-11-22)18(13-17)12-16-6-9-21(3)14-16;1-15(2)16-5-6-18(20-11-7-19-8-12-20)17(13-16)14-24(22,23)21-9-3-4-10-21;1-14(2)15-6-7-18(21-10-8-19-9-11-21)16(12-15)13-24(22,23)20-17-4-3-5-17;1-13(2)15-5-6-17(19-9-7-18-8-10-19)16(12-15)11-14-3-4-14;1-12(2)13-4-5-15(20-8-6-18-7-9-20)14(10-13)11-19-16(21)17-3;1-12(2)13-4-5-15(18-8-6-16-7-9-18)14(10-13)11-17-21(3,19)20/h4-5,13,15-16,20H,6-12,14H2,1-3H3;5-6,13,15,19H,3-4,7-12,14H2,1-2H3;6-7,12,14,17,19-20H,3-5,8-11,13H2,1-2H3;5-6,12-14,18H,3-4,7-11H2,1-2H3;4-5,10,12,18H,6-9,11H2,1-3H3,(H2,17,19,21);4-5,10,12,16-17H,6-9,11H2,1-3H3. The summed E-state index contributed by atoms with van der Waals surface area (Å²) in [4.78, 5) is 28.4. The quantitative estimate of drug-likeness (QED) is 0.0219. The summed E-state index contributed by atoms with van der Waals surface area (Å²) in [5, 5.41) is 25.8. The second-order valence-electron chi connectivity index (χ2n) is 39.8. The molecule has 10 aliphatic rings. The Bertz CT molecular complexity index is 4870. The number of urea groups is 1. The molecule has 2 saturated carbocycles. The average Bonchev–Trinajstić information content (AvgIpc) is 1.50. The number of benzene rings is 6. The predicted octanol–water partition coefficient (Wildman–Crippen LogP) is 13.1. The molecule has 131 heavy (non-hydrogen) atoms. The van der Waals surface area contributed by atoms with Gasteiger partial charge in [-0.2, -0.15) is 0 Å². The van der Waals surface area contributed by atoms with Crippen molar-refractivity contribution in [2.24, 2.45) is 11.8 Å². The Hall–Kier alpha value is -7.16. The molecule has 16 rings (SSSR count). The van der Waals surface area contributed by atoms with Crippen molar-refractivity contribution < 1.29 is 30.0 Å². The maximum atomic E-state index is 12.8. The minimum Gasteiger partial charge on any atom is -0.369 e. The van der Waals surface area contributed by atoms with Crippen LogP contribution in [0.3, 0.4) is 0 Å². The average molecular weight is 1860 g/mol. The molecule has 1 unspecified atom stereocenters. The monoisotopic (exact) mass is 1860 g/mol. The first kappa shape index (κ1) is 104. The van der Waals surface area contributed by atoms with E-state index in [1.165, 1.54) is 107 Å². The number of nitrogens with zero attached hydrogens (tertiary/aromatic N) is 8. The van der Waals surface area contributed by atoms with Crippen LogP contribution in [0.4, 0.5) is 38.9 Å². The van der Waals surface area contributed by atoms with Gasteiger partial charge in [-0.3, -0.25) is 0 Å². The lowest BCUT2D eigenvalue weighted by atomic mass is 9.92. The van der Waals surface area contributed by atoms with Gasteiger partial charge in [0.1, 0.15) is 0 Å². The first-order chi connectivity index (χ1) is 62.8. The molecule has 2 aliphatic carbocycles. The molecule has 0 spiro atoms. The summed E-state index contributed by atoms with van der Waals surface area (Å²) in [5.41, 5.74) is 22.7. The summed E-state index contributed by atoms with van der Waals surface area (Å²) in [6.07, 6.45) is 13.0. The van der Waals surface area contributed by atoms with Crippen molar-refractivity contribution in [2.45, 2.75) is 213 Å². The number of hydrogen-bond donors (Lipinski definition) is 10. The summed E-state index contributed by atoms with van der Waals surface area (Å²) in [6, 6.07) is 40.1. The Labute approximate surface area is 790 Å². The van der Waals surface area contributed by atoms with Gasteiger partial charge in [0.25, 0.3) is 0 Å². The first-order valence-electron chi connectivity index (χ1n) is 49.8. The van der Waals surface area contributed by atoms with Crippen molar-refractivity contribution in [3.63, 3.8) is 0 Å². The Morgan fingerprint density at radius 2 is 0.656 bits per heavy atom. The van der Waals surface area contributed by atoms with Crippen LogP contribution in [0.1, 0.15) is 237 Å². The van der Waals surface area contributed by atoms with Crippen molar-refractivity contribution >= 4 is 70.2 Å². The molecule has 8 aliphatic heterocycles. The second kappa shape index (κ2) is 51.1. The third-order valence-corrected chi connectivity index (χ3v) is 31.2. The van der Waals surface area contributed by atoms with Crippen LogP contribution in [0.2, 0.25) is 0 Å². The van der Waals surface area contributed by atoms with Gasteiger partial charge in [0.05, 0.1) is 17.8 Å². The van der Waals surface area contributed by atoms with E-state index in [0.29, 0.717) is 61.7 Å². The minimum atomic E-state index is -3.29. The van der Waals surface area contributed by atoms with Crippen LogP contribution in [0.5, 0.6) is 0 Å². The molecule has 6 aromatic rings. The number of likely N-dealkylation sites (tertiary alicyclic amines) is 1. The van der Waals surface area contributed by atoms with Crippen LogP contribution >= 0.6 is 0 Å². The fourth-order valence-electron chi connectivity index (χ4n) is 18.8. The highest BCUT2D eigenvalue weighted by Gasteiger charge is 2.32. The Balaban J connectivity index is 0.000000152. The van der Waals surface area contributed by atoms with Gasteiger partial charge in [0, 0.05) is 237 Å². The van der Waals surface area contributed by atoms with Gasteiger partial charge in [-0.05, 0) is 222 Å². The molecular weight excluding hydrogens is 1700 g/mol. The number of amides is 2. The number of rotatable bonds is 28. The van der Waals surface area contributed by atoms with E-state index >= 15 is 0 Å². The highest BCUT2D eigenvalue weighted by molar-refractivity contribution is 7.89. The van der Waals surface area contributed by atoms with Crippen LogP contribution in [0.25, 0.3) is 0 Å². The second-order valence-corrected chi connectivity index (χ2v) is 45.4. The fourth-order valence-corrected chi connectivity index (χ4v) is 22.3. The van der Waals surface area contributed by atoms with Crippen molar-refractivity contribution in [3.05, 3.63) is 176 Å². The molecule has 8 heterocycles. The van der Waals surface area contributed by atoms with Gasteiger partial charge in [-0.15, -0.1) is 0 Å². The number of carbonyl (C=O) groups excluding carboxylic acids is 1. The van der Waals surface area contributed by atoms with Gasteiger partial charge in [-0.25, -0.2) is 43.8 Å². The van der Waals surface area contributed by atoms with E-state index in [0.717, 1.165) is 235 Å². The van der Waals surface area contributed by atoms with E-state index in [-0.39, 0.29) is 23.6 Å². The van der Waals surface area contributed by atoms with E-state index in [9.17, 15) is 30.0 Å². The topological polar surface area (TPSA) is 266 Å². The SMILES string of the molecule is CC(C)c1ccc(N2CCNCC2)c(CC2CC2)c1.CC(C)c1ccc(N2CCNCC2)c(CC2CCN(C)C2)c1.CC(C)c1ccc(N2CCNCC2)c(CNS(C)(=O)=O)c1.CC(C)c1ccc(N2CCNCC2)c(CS(=O)(=O)N2CCCC2)c1.CC(C)c1ccc(N2CCNCC2)c(CS(=O)(=O)NC2CCC2)c1.CNC(=O)NCc1cc(C(C)C)ccc1N1CCNCC1. The van der Waals surface area contributed by atoms with Crippen molar-refractivity contribution in [3.8, 4) is 0 Å². The Kier molecular flexibility index (Phi) is 40.7. The molecule has 10 fully saturated rings. The molecule has 10 N–H and O–H groups in total. The van der Waals surface area contributed by atoms with Crippen LogP contribution in [0, 0.1) is 11.8 Å². The molecule has 25 nitrogen and oxygen atoms in total. The van der Waals surface area contributed by atoms with Crippen LogP contribution in [0.15, 0.2) is 109 Å². The fraction of sp³-hybridized carbons (Fsp3) is 0.641. The highest BCUT2D eigenvalue weighted by atomic mass is 32.2. The number of anilines is 6. The zero-order valence-electron chi connectivity index (χ0n) is 82.4. The summed E-state index contributed by atoms with van der Waals surface area (Å²) in [5.74, 6) is 4.93. The zero-order valence-corrected chi connectivity index (χ0v) is 84.9. The normalized spacial score (nSPS) is 19.2. The molecular formula is C103H166N18O7S3. The maximum Gasteiger partial charge on any atom is 0.314 e. The number of nitrogens with one attached hydrogen (secondary N) is 10. The van der Waals surface area contributed by atoms with Crippen LogP contribution in [-0.2, 0) is 67.5 Å². The number of sulfonamides is 3. The molecule has 728 valence electrons.